The van der Waals surface area contributed by atoms with Crippen LogP contribution >= 0.6 is 0 Å². The number of piperazine rings is 1. The highest BCUT2D eigenvalue weighted by atomic mass is 16.5. The fourth-order valence-corrected chi connectivity index (χ4v) is 4.70. The van der Waals surface area contributed by atoms with Crippen LogP contribution in [0, 0.1) is 6.92 Å². The second kappa shape index (κ2) is 12.6. The Morgan fingerprint density at radius 3 is 2.46 bits per heavy atom. The van der Waals surface area contributed by atoms with E-state index in [4.69, 9.17) is 14.5 Å². The molecule has 210 valence electrons. The van der Waals surface area contributed by atoms with Gasteiger partial charge < -0.3 is 29.9 Å². The van der Waals surface area contributed by atoms with Crippen LogP contribution in [0.25, 0.3) is 11.1 Å². The summed E-state index contributed by atoms with van der Waals surface area (Å²) in [5.41, 5.74) is 5.31. The molecule has 0 aliphatic carbocycles. The first kappa shape index (κ1) is 27.7. The van der Waals surface area contributed by atoms with Gasteiger partial charge in [-0.25, -0.2) is 0 Å². The Balaban J connectivity index is 1.45. The van der Waals surface area contributed by atoms with Gasteiger partial charge >= 0.3 is 0 Å². The van der Waals surface area contributed by atoms with Gasteiger partial charge in [0.2, 0.25) is 11.8 Å². The number of benzene rings is 3. The molecule has 1 aromatic heterocycles. The van der Waals surface area contributed by atoms with Crippen LogP contribution in [-0.4, -0.2) is 56.1 Å². The third-order valence-electron chi connectivity index (χ3n) is 7.13. The maximum atomic E-state index is 11.9. The lowest BCUT2D eigenvalue weighted by Gasteiger charge is -2.34. The first-order valence-electron chi connectivity index (χ1n) is 13.6. The molecule has 0 unspecified atom stereocenters. The zero-order valence-electron chi connectivity index (χ0n) is 23.7. The van der Waals surface area contributed by atoms with Crippen molar-refractivity contribution in [2.45, 2.75) is 6.92 Å². The molecular weight excluding hydrogens is 514 g/mol. The molecule has 2 heterocycles. The number of hydrogen-bond donors (Lipinski definition) is 2. The number of likely N-dealkylation sites (N-methyl/N-ethyl adjacent to an activating group) is 1. The number of carbonyl (C=O) groups is 1. The number of pyridine rings is 1. The number of ether oxygens (including phenoxy) is 2. The second-order valence-corrected chi connectivity index (χ2v) is 9.99. The van der Waals surface area contributed by atoms with Crippen molar-refractivity contribution in [3.05, 3.63) is 97.1 Å². The van der Waals surface area contributed by atoms with Crippen LogP contribution in [0.2, 0.25) is 0 Å². The summed E-state index contributed by atoms with van der Waals surface area (Å²) in [4.78, 5) is 21.5. The van der Waals surface area contributed by atoms with Gasteiger partial charge in [-0.3, -0.25) is 4.79 Å². The zero-order chi connectivity index (χ0) is 28.8. The third-order valence-corrected chi connectivity index (χ3v) is 7.13. The lowest BCUT2D eigenvalue weighted by molar-refractivity contribution is -0.111. The summed E-state index contributed by atoms with van der Waals surface area (Å²) >= 11 is 0. The van der Waals surface area contributed by atoms with Crippen LogP contribution < -0.4 is 25.0 Å². The minimum Gasteiger partial charge on any atom is -0.494 e. The summed E-state index contributed by atoms with van der Waals surface area (Å²) in [6.07, 6.45) is 1.24. The molecule has 8 nitrogen and oxygen atoms in total. The second-order valence-electron chi connectivity index (χ2n) is 9.99. The number of hydrogen-bond acceptors (Lipinski definition) is 7. The number of nitrogens with zero attached hydrogens (tertiary/aromatic N) is 3. The van der Waals surface area contributed by atoms with E-state index in [0.717, 1.165) is 60.0 Å². The molecule has 0 spiro atoms. The Labute approximate surface area is 241 Å². The fraction of sp³-hybridized carbons (Fsp3) is 0.212. The van der Waals surface area contributed by atoms with E-state index in [1.807, 2.05) is 67.6 Å². The number of rotatable bonds is 9. The lowest BCUT2D eigenvalue weighted by Crippen LogP contribution is -2.44. The van der Waals surface area contributed by atoms with Gasteiger partial charge in [0.05, 0.1) is 12.8 Å². The van der Waals surface area contributed by atoms with E-state index in [0.29, 0.717) is 23.1 Å². The standard InChI is InChI=1S/C33H35N5O3/c1-5-32(39)35-29-22-26(13-11-23(29)2)41-33-27(24-9-7-6-8-10-24)14-16-31(36-33)34-28-15-12-25(21-30(28)40-4)38-19-17-37(3)18-20-38/h5-16,21-22H,1,17-20H2,2-4H3,(H,34,36)(H,35,39). The molecule has 1 fully saturated rings. The normalized spacial score (nSPS) is 13.4. The smallest absolute Gasteiger partial charge is 0.247 e. The maximum Gasteiger partial charge on any atom is 0.247 e. The van der Waals surface area contributed by atoms with Crippen LogP contribution in [0.1, 0.15) is 5.56 Å². The summed E-state index contributed by atoms with van der Waals surface area (Å²) in [6, 6.07) is 25.6. The number of carbonyl (C=O) groups excluding carboxylic acids is 1. The van der Waals surface area contributed by atoms with E-state index in [-0.39, 0.29) is 5.91 Å². The molecule has 1 saturated heterocycles. The molecule has 2 N–H and O–H groups in total. The van der Waals surface area contributed by atoms with E-state index < -0.39 is 0 Å². The summed E-state index contributed by atoms with van der Waals surface area (Å²) in [7, 11) is 3.83. The summed E-state index contributed by atoms with van der Waals surface area (Å²) in [5, 5.41) is 6.24. The molecule has 8 heteroatoms. The van der Waals surface area contributed by atoms with E-state index in [1.165, 1.54) is 6.08 Å². The summed E-state index contributed by atoms with van der Waals surface area (Å²) in [6.45, 7) is 9.48. The molecule has 0 bridgehead atoms. The molecule has 1 amide bonds. The van der Waals surface area contributed by atoms with Crippen LogP contribution in [-0.2, 0) is 4.79 Å². The number of methoxy groups -OCH3 is 1. The van der Waals surface area contributed by atoms with Crippen molar-refractivity contribution in [2.75, 3.05) is 55.9 Å². The minimum atomic E-state index is -0.285. The molecule has 4 aromatic rings. The van der Waals surface area contributed by atoms with Gasteiger partial charge in [-0.1, -0.05) is 43.0 Å². The molecule has 1 aliphatic rings. The van der Waals surface area contributed by atoms with E-state index in [9.17, 15) is 4.79 Å². The Morgan fingerprint density at radius 1 is 0.951 bits per heavy atom. The Bertz CT molecular complexity index is 1530. The van der Waals surface area contributed by atoms with Crippen molar-refractivity contribution in [1.82, 2.24) is 9.88 Å². The van der Waals surface area contributed by atoms with Gasteiger partial charge in [0.25, 0.3) is 0 Å². The SMILES string of the molecule is C=CC(=O)Nc1cc(Oc2nc(Nc3ccc(N4CCN(C)CC4)cc3OC)ccc2-c2ccccc2)ccc1C. The van der Waals surface area contributed by atoms with Crippen LogP contribution in [0.5, 0.6) is 17.4 Å². The van der Waals surface area contributed by atoms with E-state index in [2.05, 4.69) is 46.2 Å². The zero-order valence-corrected chi connectivity index (χ0v) is 23.7. The largest absolute Gasteiger partial charge is 0.494 e. The molecular formula is C33H35N5O3. The topological polar surface area (TPSA) is 79.0 Å². The van der Waals surface area contributed by atoms with E-state index in [1.54, 1.807) is 13.2 Å². The van der Waals surface area contributed by atoms with Crippen molar-refractivity contribution in [3.8, 4) is 28.5 Å². The van der Waals surface area contributed by atoms with Gasteiger partial charge in [0.1, 0.15) is 17.3 Å². The first-order valence-corrected chi connectivity index (χ1v) is 13.6. The van der Waals surface area contributed by atoms with Gasteiger partial charge in [-0.2, -0.15) is 4.98 Å². The van der Waals surface area contributed by atoms with Gasteiger partial charge in [0, 0.05) is 55.2 Å². The van der Waals surface area contributed by atoms with Crippen LogP contribution in [0.15, 0.2) is 91.5 Å². The van der Waals surface area contributed by atoms with Gasteiger partial charge in [0.15, 0.2) is 0 Å². The van der Waals surface area contributed by atoms with Crippen molar-refractivity contribution < 1.29 is 14.3 Å². The van der Waals surface area contributed by atoms with Crippen LogP contribution in [0.4, 0.5) is 22.9 Å². The molecule has 0 saturated carbocycles. The average Bonchev–Trinajstić information content (AvgIpc) is 3.00. The predicted octanol–water partition coefficient (Wildman–Crippen LogP) is 6.48. The molecule has 3 aromatic carbocycles. The Hall–Kier alpha value is -4.82. The maximum absolute atomic E-state index is 11.9. The highest BCUT2D eigenvalue weighted by Crippen LogP contribution is 2.37. The number of anilines is 4. The van der Waals surface area contributed by atoms with Crippen molar-refractivity contribution in [3.63, 3.8) is 0 Å². The fourth-order valence-electron chi connectivity index (χ4n) is 4.70. The number of aromatic nitrogens is 1. The quantitative estimate of drug-likeness (QED) is 0.232. The van der Waals surface area contributed by atoms with E-state index >= 15 is 0 Å². The summed E-state index contributed by atoms with van der Waals surface area (Å²) in [5.74, 6) is 2.04. The minimum absolute atomic E-state index is 0.285. The van der Waals surface area contributed by atoms with Gasteiger partial charge in [-0.05, 0) is 61.5 Å². The monoisotopic (exact) mass is 549 g/mol. The summed E-state index contributed by atoms with van der Waals surface area (Å²) < 4.78 is 12.1. The van der Waals surface area contributed by atoms with Gasteiger partial charge in [-0.15, -0.1) is 0 Å². The Kier molecular flexibility index (Phi) is 8.50. The number of nitrogens with one attached hydrogen (secondary N) is 2. The molecule has 5 rings (SSSR count). The molecule has 41 heavy (non-hydrogen) atoms. The van der Waals surface area contributed by atoms with Crippen molar-refractivity contribution >= 4 is 28.8 Å². The van der Waals surface area contributed by atoms with Crippen molar-refractivity contribution in [1.29, 1.82) is 0 Å². The highest BCUT2D eigenvalue weighted by molar-refractivity contribution is 5.99. The molecule has 0 radical (unpaired) electrons. The first-order chi connectivity index (χ1) is 19.9. The predicted molar refractivity (Wildman–Crippen MR) is 166 cm³/mol. The Morgan fingerprint density at radius 2 is 1.73 bits per heavy atom. The lowest BCUT2D eigenvalue weighted by atomic mass is 10.1. The van der Waals surface area contributed by atoms with Crippen LogP contribution in [0.3, 0.4) is 0 Å². The molecule has 0 atom stereocenters. The number of amides is 1. The number of aryl methyl sites for hydroxylation is 1. The van der Waals surface area contributed by atoms with Crippen molar-refractivity contribution in [2.24, 2.45) is 0 Å². The average molecular weight is 550 g/mol. The highest BCUT2D eigenvalue weighted by Gasteiger charge is 2.17. The third kappa shape index (κ3) is 6.67. The molecule has 1 aliphatic heterocycles.